The lowest BCUT2D eigenvalue weighted by Crippen LogP contribution is -2.44. The van der Waals surface area contributed by atoms with Gasteiger partial charge >= 0.3 is 6.09 Å². The summed E-state index contributed by atoms with van der Waals surface area (Å²) in [4.78, 5) is 22.7. The van der Waals surface area contributed by atoms with Gasteiger partial charge < -0.3 is 23.8 Å². The normalized spacial score (nSPS) is 15.7. The van der Waals surface area contributed by atoms with Crippen molar-refractivity contribution in [2.24, 2.45) is 0 Å². The van der Waals surface area contributed by atoms with Crippen LogP contribution in [0.3, 0.4) is 0 Å². The van der Waals surface area contributed by atoms with E-state index in [-0.39, 0.29) is 23.8 Å². The fourth-order valence-corrected chi connectivity index (χ4v) is 4.74. The lowest BCUT2D eigenvalue weighted by Gasteiger charge is -2.33. The van der Waals surface area contributed by atoms with E-state index in [2.05, 4.69) is 9.97 Å². The SMILES string of the molecule is COc1cc2c(Oc3ccc4c(c3F)C=C(C)C4)ncnc2cc1OC1CCN(C(=O)OC(C)(C)C)CC1. The summed E-state index contributed by atoms with van der Waals surface area (Å²) >= 11 is 0. The minimum Gasteiger partial charge on any atom is -0.493 e. The van der Waals surface area contributed by atoms with Crippen LogP contribution in [0.4, 0.5) is 9.18 Å². The molecule has 0 radical (unpaired) electrons. The van der Waals surface area contributed by atoms with Gasteiger partial charge in [0, 0.05) is 37.6 Å². The molecule has 1 aliphatic heterocycles. The molecule has 0 bridgehead atoms. The molecule has 1 aliphatic carbocycles. The van der Waals surface area contributed by atoms with Gasteiger partial charge in [-0.1, -0.05) is 17.7 Å². The van der Waals surface area contributed by atoms with E-state index in [1.165, 1.54) is 6.33 Å². The zero-order valence-corrected chi connectivity index (χ0v) is 22.3. The Morgan fingerprint density at radius 1 is 1.08 bits per heavy atom. The number of rotatable bonds is 5. The van der Waals surface area contributed by atoms with Crippen molar-refractivity contribution in [3.05, 3.63) is 53.1 Å². The average molecular weight is 522 g/mol. The van der Waals surface area contributed by atoms with Gasteiger partial charge in [-0.3, -0.25) is 0 Å². The Balaban J connectivity index is 1.34. The number of fused-ring (bicyclic) bond motifs is 2. The van der Waals surface area contributed by atoms with Gasteiger partial charge in [0.2, 0.25) is 5.88 Å². The van der Waals surface area contributed by atoms with Crippen LogP contribution in [0.2, 0.25) is 0 Å². The zero-order chi connectivity index (χ0) is 27.0. The molecule has 1 amide bonds. The summed E-state index contributed by atoms with van der Waals surface area (Å²) in [7, 11) is 1.55. The monoisotopic (exact) mass is 521 g/mol. The van der Waals surface area contributed by atoms with Gasteiger partial charge in [-0.2, -0.15) is 0 Å². The van der Waals surface area contributed by atoms with Gasteiger partial charge in [0.05, 0.1) is 18.0 Å². The summed E-state index contributed by atoms with van der Waals surface area (Å²) < 4.78 is 38.5. The van der Waals surface area contributed by atoms with Crippen molar-refractivity contribution in [2.75, 3.05) is 20.2 Å². The average Bonchev–Trinajstić information content (AvgIpc) is 3.26. The molecule has 1 aromatic heterocycles. The Bertz CT molecular complexity index is 1410. The third-order valence-electron chi connectivity index (χ3n) is 6.57. The maximum atomic E-state index is 15.2. The molecular weight excluding hydrogens is 489 g/mol. The van der Waals surface area contributed by atoms with E-state index >= 15 is 4.39 Å². The maximum Gasteiger partial charge on any atom is 0.410 e. The number of benzene rings is 2. The molecule has 2 aliphatic rings. The number of methoxy groups -OCH3 is 1. The van der Waals surface area contributed by atoms with Gasteiger partial charge in [0.15, 0.2) is 23.1 Å². The number of likely N-dealkylation sites (tertiary alicyclic amines) is 1. The van der Waals surface area contributed by atoms with Gasteiger partial charge in [0.25, 0.3) is 0 Å². The van der Waals surface area contributed by atoms with Crippen molar-refractivity contribution in [1.82, 2.24) is 14.9 Å². The second-order valence-electron chi connectivity index (χ2n) is 10.7. The van der Waals surface area contributed by atoms with Gasteiger partial charge in [-0.15, -0.1) is 0 Å². The van der Waals surface area contributed by atoms with Crippen molar-refractivity contribution < 1.29 is 28.1 Å². The van der Waals surface area contributed by atoms with Crippen LogP contribution in [-0.2, 0) is 11.2 Å². The molecule has 0 saturated carbocycles. The molecule has 3 aromatic rings. The predicted octanol–water partition coefficient (Wildman–Crippen LogP) is 6.31. The molecule has 9 heteroatoms. The molecule has 8 nitrogen and oxygen atoms in total. The largest absolute Gasteiger partial charge is 0.493 e. The number of carbonyl (C=O) groups is 1. The number of nitrogens with zero attached hydrogens (tertiary/aromatic N) is 3. The lowest BCUT2D eigenvalue weighted by atomic mass is 10.1. The highest BCUT2D eigenvalue weighted by atomic mass is 19.1. The van der Waals surface area contributed by atoms with E-state index in [4.69, 9.17) is 18.9 Å². The Morgan fingerprint density at radius 2 is 1.84 bits per heavy atom. The highest BCUT2D eigenvalue weighted by Gasteiger charge is 2.28. The van der Waals surface area contributed by atoms with E-state index < -0.39 is 11.4 Å². The summed E-state index contributed by atoms with van der Waals surface area (Å²) in [6, 6.07) is 7.02. The number of ether oxygens (including phenoxy) is 4. The van der Waals surface area contributed by atoms with Crippen LogP contribution in [-0.4, -0.2) is 52.9 Å². The fourth-order valence-electron chi connectivity index (χ4n) is 4.74. The number of piperidine rings is 1. The first-order chi connectivity index (χ1) is 18.1. The van der Waals surface area contributed by atoms with Crippen LogP contribution in [0.5, 0.6) is 23.1 Å². The summed E-state index contributed by atoms with van der Waals surface area (Å²) in [6.07, 6.45) is 4.86. The molecule has 0 atom stereocenters. The van der Waals surface area contributed by atoms with Crippen LogP contribution < -0.4 is 14.2 Å². The second kappa shape index (κ2) is 10.1. The Labute approximate surface area is 221 Å². The molecule has 1 fully saturated rings. The number of halogens is 1. The van der Waals surface area contributed by atoms with E-state index in [1.54, 1.807) is 30.2 Å². The first-order valence-corrected chi connectivity index (χ1v) is 12.7. The lowest BCUT2D eigenvalue weighted by molar-refractivity contribution is 0.0124. The first-order valence-electron chi connectivity index (χ1n) is 12.7. The van der Waals surface area contributed by atoms with Crippen LogP contribution in [0.1, 0.15) is 51.7 Å². The number of hydrogen-bond donors (Lipinski definition) is 0. The smallest absolute Gasteiger partial charge is 0.410 e. The van der Waals surface area contributed by atoms with Crippen LogP contribution in [0, 0.1) is 5.82 Å². The maximum absolute atomic E-state index is 15.2. The van der Waals surface area contributed by atoms with Gasteiger partial charge in [-0.05, 0) is 51.8 Å². The number of aromatic nitrogens is 2. The van der Waals surface area contributed by atoms with Crippen molar-refractivity contribution in [2.45, 2.75) is 58.7 Å². The molecule has 0 spiro atoms. The van der Waals surface area contributed by atoms with E-state index in [9.17, 15) is 4.79 Å². The van der Waals surface area contributed by atoms with E-state index in [0.717, 1.165) is 17.6 Å². The second-order valence-corrected chi connectivity index (χ2v) is 10.7. The number of amides is 1. The van der Waals surface area contributed by atoms with Crippen molar-refractivity contribution in [1.29, 1.82) is 0 Å². The predicted molar refractivity (Wildman–Crippen MR) is 141 cm³/mol. The fraction of sp³-hybridized carbons (Fsp3) is 0.414. The van der Waals surface area contributed by atoms with E-state index in [0.29, 0.717) is 53.9 Å². The molecule has 2 heterocycles. The highest BCUT2D eigenvalue weighted by Crippen LogP contribution is 2.39. The topological polar surface area (TPSA) is 83.0 Å². The summed E-state index contributed by atoms with van der Waals surface area (Å²) in [6.45, 7) is 8.62. The zero-order valence-electron chi connectivity index (χ0n) is 22.3. The van der Waals surface area contributed by atoms with Crippen molar-refractivity contribution >= 4 is 23.1 Å². The van der Waals surface area contributed by atoms with Crippen molar-refractivity contribution in [3.63, 3.8) is 0 Å². The van der Waals surface area contributed by atoms with Crippen LogP contribution >= 0.6 is 0 Å². The minimum absolute atomic E-state index is 0.102. The number of carbonyl (C=O) groups excluding carboxylic acids is 1. The van der Waals surface area contributed by atoms with Gasteiger partial charge in [0.1, 0.15) is 18.0 Å². The molecule has 1 saturated heterocycles. The number of hydrogen-bond acceptors (Lipinski definition) is 7. The molecule has 5 rings (SSSR count). The molecule has 38 heavy (non-hydrogen) atoms. The molecule has 0 N–H and O–H groups in total. The third kappa shape index (κ3) is 5.37. The highest BCUT2D eigenvalue weighted by molar-refractivity contribution is 5.87. The third-order valence-corrected chi connectivity index (χ3v) is 6.57. The first kappa shape index (κ1) is 25.8. The Hall–Kier alpha value is -3.88. The van der Waals surface area contributed by atoms with Gasteiger partial charge in [-0.25, -0.2) is 19.2 Å². The van der Waals surface area contributed by atoms with E-state index in [1.807, 2.05) is 39.8 Å². The quantitative estimate of drug-likeness (QED) is 0.389. The Kier molecular flexibility index (Phi) is 6.86. The van der Waals surface area contributed by atoms with Crippen LogP contribution in [0.25, 0.3) is 17.0 Å². The number of allylic oxidation sites excluding steroid dienone is 1. The molecule has 0 unspecified atom stereocenters. The van der Waals surface area contributed by atoms with Crippen molar-refractivity contribution in [3.8, 4) is 23.1 Å². The molecular formula is C29H32FN3O5. The Morgan fingerprint density at radius 3 is 2.55 bits per heavy atom. The molecule has 2 aromatic carbocycles. The standard InChI is InChI=1S/C29H32FN3O5/c1-17-12-18-6-7-23(26(30)20(18)13-17)37-27-21-14-24(35-5)25(15-22(21)31-16-32-27)36-19-8-10-33(11-9-19)28(34)38-29(2,3)4/h6-7,13-16,19H,8-12H2,1-5H3. The minimum atomic E-state index is -0.532. The summed E-state index contributed by atoms with van der Waals surface area (Å²) in [5, 5.41) is 0.572. The molecule has 200 valence electrons. The van der Waals surface area contributed by atoms with Crippen LogP contribution in [0.15, 0.2) is 36.2 Å². The summed E-state index contributed by atoms with van der Waals surface area (Å²) in [5.74, 6) is 0.939. The summed E-state index contributed by atoms with van der Waals surface area (Å²) in [5.41, 5.74) is 2.66.